The number of benzene rings is 2. The molecule has 0 spiro atoms. The highest BCUT2D eigenvalue weighted by molar-refractivity contribution is 5.87. The molecule has 0 amide bonds. The van der Waals surface area contributed by atoms with Gasteiger partial charge in [0, 0.05) is 5.39 Å². The maximum absolute atomic E-state index is 9.37. The second-order valence-corrected chi connectivity index (χ2v) is 5.34. The second kappa shape index (κ2) is 11.0. The Morgan fingerprint density at radius 1 is 0.905 bits per heavy atom. The smallest absolute Gasteiger partial charge is 0.123 e. The molecule has 21 heavy (non-hydrogen) atoms. The van der Waals surface area contributed by atoms with Gasteiger partial charge in [0.2, 0.25) is 0 Å². The number of allylic oxidation sites excluding steroid dienone is 1. The number of rotatable bonds is 7. The number of unbranched alkanes of at least 4 members (excludes halogenated alkanes) is 6. The zero-order chi connectivity index (χ0) is 15.3. The van der Waals surface area contributed by atoms with E-state index in [4.69, 9.17) is 0 Å². The Bertz CT molecular complexity index is 511. The molecule has 0 aromatic heterocycles. The van der Waals surface area contributed by atoms with Gasteiger partial charge in [-0.2, -0.15) is 0 Å². The number of phenols is 1. The van der Waals surface area contributed by atoms with Crippen molar-refractivity contribution in [1.82, 2.24) is 0 Å². The van der Waals surface area contributed by atoms with Crippen LogP contribution in [-0.4, -0.2) is 5.11 Å². The molecule has 0 fully saturated rings. The molecule has 2 rings (SSSR count). The van der Waals surface area contributed by atoms with E-state index in [-0.39, 0.29) is 0 Å². The third-order valence-electron chi connectivity index (χ3n) is 3.53. The summed E-state index contributed by atoms with van der Waals surface area (Å²) in [4.78, 5) is 0. The average Bonchev–Trinajstić information content (AvgIpc) is 2.52. The van der Waals surface area contributed by atoms with Crippen LogP contribution in [0.2, 0.25) is 0 Å². The molecule has 0 atom stereocenters. The number of fused-ring (bicyclic) bond motifs is 1. The van der Waals surface area contributed by atoms with Crippen LogP contribution >= 0.6 is 0 Å². The fourth-order valence-electron chi connectivity index (χ4n) is 2.28. The fourth-order valence-corrected chi connectivity index (χ4v) is 2.28. The van der Waals surface area contributed by atoms with E-state index < -0.39 is 0 Å². The Hall–Kier alpha value is -1.76. The van der Waals surface area contributed by atoms with Gasteiger partial charge in [0.1, 0.15) is 5.75 Å². The van der Waals surface area contributed by atoms with E-state index in [2.05, 4.69) is 13.5 Å². The Morgan fingerprint density at radius 3 is 2.29 bits per heavy atom. The van der Waals surface area contributed by atoms with Crippen LogP contribution in [-0.2, 0) is 0 Å². The Balaban J connectivity index is 0.000000212. The first-order valence-corrected chi connectivity index (χ1v) is 8.07. The van der Waals surface area contributed by atoms with Crippen molar-refractivity contribution in [3.63, 3.8) is 0 Å². The van der Waals surface area contributed by atoms with Gasteiger partial charge in [0.15, 0.2) is 0 Å². The molecule has 0 saturated heterocycles. The van der Waals surface area contributed by atoms with Gasteiger partial charge in [0.05, 0.1) is 0 Å². The van der Waals surface area contributed by atoms with Crippen LogP contribution in [0, 0.1) is 0 Å². The number of hydrogen-bond donors (Lipinski definition) is 1. The molecule has 0 saturated carbocycles. The Kier molecular flexibility index (Phi) is 9.03. The predicted molar refractivity (Wildman–Crippen MR) is 93.8 cm³/mol. The molecule has 0 bridgehead atoms. The maximum Gasteiger partial charge on any atom is 0.123 e. The lowest BCUT2D eigenvalue weighted by atomic mass is 10.1. The first kappa shape index (κ1) is 17.3. The molecule has 0 aliphatic carbocycles. The third-order valence-corrected chi connectivity index (χ3v) is 3.53. The van der Waals surface area contributed by atoms with Gasteiger partial charge in [-0.05, 0) is 24.3 Å². The largest absolute Gasteiger partial charge is 0.507 e. The molecule has 0 unspecified atom stereocenters. The minimum Gasteiger partial charge on any atom is -0.507 e. The minimum absolute atomic E-state index is 0.350. The molecular weight excluding hydrogens is 256 g/mol. The number of hydrogen-bond acceptors (Lipinski definition) is 1. The fraction of sp³-hybridized carbons (Fsp3) is 0.400. The molecule has 0 aliphatic heterocycles. The van der Waals surface area contributed by atoms with E-state index in [0.29, 0.717) is 5.75 Å². The van der Waals surface area contributed by atoms with Crippen LogP contribution in [0.1, 0.15) is 51.9 Å². The summed E-state index contributed by atoms with van der Waals surface area (Å²) in [7, 11) is 0. The van der Waals surface area contributed by atoms with Crippen molar-refractivity contribution in [1.29, 1.82) is 0 Å². The predicted octanol–water partition coefficient (Wildman–Crippen LogP) is 6.47. The molecule has 1 nitrogen and oxygen atoms in total. The maximum atomic E-state index is 9.37. The van der Waals surface area contributed by atoms with Crippen LogP contribution in [0.5, 0.6) is 5.75 Å². The van der Waals surface area contributed by atoms with Crippen LogP contribution in [0.15, 0.2) is 55.1 Å². The molecule has 0 heterocycles. The quantitative estimate of drug-likeness (QED) is 0.456. The van der Waals surface area contributed by atoms with E-state index >= 15 is 0 Å². The van der Waals surface area contributed by atoms with Gasteiger partial charge in [-0.15, -0.1) is 6.58 Å². The lowest BCUT2D eigenvalue weighted by Crippen LogP contribution is -1.76. The van der Waals surface area contributed by atoms with E-state index in [9.17, 15) is 5.11 Å². The summed E-state index contributed by atoms with van der Waals surface area (Å²) < 4.78 is 0. The highest BCUT2D eigenvalue weighted by Gasteiger charge is 1.94. The molecule has 114 valence electrons. The van der Waals surface area contributed by atoms with Gasteiger partial charge >= 0.3 is 0 Å². The van der Waals surface area contributed by atoms with Gasteiger partial charge in [-0.3, -0.25) is 0 Å². The standard InChI is InChI=1S/C10H8O.C10H20/c11-10-7-3-5-8-4-1-2-6-9(8)10;1-3-5-7-9-10-8-6-4-2/h1-7,11H;3H,1,4-10H2,2H3. The van der Waals surface area contributed by atoms with Crippen molar-refractivity contribution in [2.75, 3.05) is 0 Å². The summed E-state index contributed by atoms with van der Waals surface area (Å²) >= 11 is 0. The summed E-state index contributed by atoms with van der Waals surface area (Å²) in [5, 5.41) is 11.4. The van der Waals surface area contributed by atoms with Crippen LogP contribution in [0.3, 0.4) is 0 Å². The number of aromatic hydroxyl groups is 1. The first-order valence-electron chi connectivity index (χ1n) is 8.07. The molecular formula is C20H28O. The molecule has 2 aromatic carbocycles. The lowest BCUT2D eigenvalue weighted by Gasteiger charge is -1.97. The second-order valence-electron chi connectivity index (χ2n) is 5.34. The summed E-state index contributed by atoms with van der Waals surface area (Å²) in [6, 6.07) is 13.3. The summed E-state index contributed by atoms with van der Waals surface area (Å²) in [6.45, 7) is 5.95. The van der Waals surface area contributed by atoms with Crippen molar-refractivity contribution < 1.29 is 5.11 Å². The average molecular weight is 284 g/mol. The van der Waals surface area contributed by atoms with Crippen LogP contribution < -0.4 is 0 Å². The molecule has 0 radical (unpaired) electrons. The molecule has 1 heteroatoms. The lowest BCUT2D eigenvalue weighted by molar-refractivity contribution is 0.481. The van der Waals surface area contributed by atoms with Crippen molar-refractivity contribution in [3.05, 3.63) is 55.1 Å². The summed E-state index contributed by atoms with van der Waals surface area (Å²) in [5.41, 5.74) is 0. The van der Waals surface area contributed by atoms with Crippen molar-refractivity contribution in [2.24, 2.45) is 0 Å². The van der Waals surface area contributed by atoms with Gasteiger partial charge < -0.3 is 5.11 Å². The monoisotopic (exact) mass is 284 g/mol. The van der Waals surface area contributed by atoms with Gasteiger partial charge in [0.25, 0.3) is 0 Å². The van der Waals surface area contributed by atoms with Gasteiger partial charge in [-0.25, -0.2) is 0 Å². The summed E-state index contributed by atoms with van der Waals surface area (Å²) in [6.07, 6.45) is 11.6. The van der Waals surface area contributed by atoms with Gasteiger partial charge in [-0.1, -0.05) is 81.5 Å². The first-order chi connectivity index (χ1) is 10.3. The van der Waals surface area contributed by atoms with E-state index in [1.807, 2.05) is 42.5 Å². The Labute approximate surface area is 129 Å². The van der Waals surface area contributed by atoms with Crippen LogP contribution in [0.25, 0.3) is 10.8 Å². The van der Waals surface area contributed by atoms with Crippen molar-refractivity contribution >= 4 is 10.8 Å². The zero-order valence-electron chi connectivity index (χ0n) is 13.2. The summed E-state index contributed by atoms with van der Waals surface area (Å²) in [5.74, 6) is 0.350. The normalized spacial score (nSPS) is 9.95. The van der Waals surface area contributed by atoms with E-state index in [1.54, 1.807) is 6.07 Å². The van der Waals surface area contributed by atoms with Crippen molar-refractivity contribution in [2.45, 2.75) is 51.9 Å². The van der Waals surface area contributed by atoms with E-state index in [1.165, 1.54) is 44.9 Å². The highest BCUT2D eigenvalue weighted by Crippen LogP contribution is 2.22. The topological polar surface area (TPSA) is 20.2 Å². The Morgan fingerprint density at radius 2 is 1.57 bits per heavy atom. The third kappa shape index (κ3) is 6.99. The number of phenolic OH excluding ortho intramolecular Hbond substituents is 1. The highest BCUT2D eigenvalue weighted by atomic mass is 16.3. The van der Waals surface area contributed by atoms with Crippen LogP contribution in [0.4, 0.5) is 0 Å². The SMILES string of the molecule is C=CCCCCCCCC.Oc1cccc2ccccc12. The molecule has 0 aliphatic rings. The molecule has 2 aromatic rings. The molecule has 1 N–H and O–H groups in total. The van der Waals surface area contributed by atoms with E-state index in [0.717, 1.165) is 10.8 Å². The minimum atomic E-state index is 0.350. The zero-order valence-corrected chi connectivity index (χ0v) is 13.2. The van der Waals surface area contributed by atoms with Crippen molar-refractivity contribution in [3.8, 4) is 5.75 Å².